The van der Waals surface area contributed by atoms with Gasteiger partial charge in [0.1, 0.15) is 22.0 Å². The second-order valence-corrected chi connectivity index (χ2v) is 12.8. The largest absolute Gasteiger partial charge is 0.505 e. The van der Waals surface area contributed by atoms with Crippen molar-refractivity contribution in [3.63, 3.8) is 0 Å². The van der Waals surface area contributed by atoms with Crippen molar-refractivity contribution in [1.29, 1.82) is 0 Å². The second kappa shape index (κ2) is 14.3. The van der Waals surface area contributed by atoms with Gasteiger partial charge >= 0.3 is 0 Å². The summed E-state index contributed by atoms with van der Waals surface area (Å²) in [6.45, 7) is 0. The molecule has 18 heteroatoms. The number of carbonyl (C=O) groups is 1. The van der Waals surface area contributed by atoms with Crippen molar-refractivity contribution < 1.29 is 54.1 Å². The molecule has 4 rings (SSSR count). The maximum Gasteiger partial charge on any atom is 0.299 e. The standard InChI is InChI=1S/C27H25N3O12S3/c1-37-18-10-11-20(23(14-18)45(35,36)40-4)29-30-25-22(43-42-41-38-2)13-17-12-19(44(33,34)39-3)15-21(24(17)26(25)31)28-27(32)16-8-6-5-7-9-16/h5-15,31H,1-4H3,(H,28,32). The molecule has 0 radical (unpaired) electrons. The van der Waals surface area contributed by atoms with Gasteiger partial charge in [0.15, 0.2) is 5.75 Å². The number of ether oxygens (including phenoxy) is 1. The number of anilines is 1. The zero-order valence-electron chi connectivity index (χ0n) is 23.9. The van der Waals surface area contributed by atoms with E-state index in [-0.39, 0.29) is 53.8 Å². The molecule has 0 aliphatic heterocycles. The van der Waals surface area contributed by atoms with E-state index in [1.165, 1.54) is 56.7 Å². The summed E-state index contributed by atoms with van der Waals surface area (Å²) < 4.78 is 69.9. The summed E-state index contributed by atoms with van der Waals surface area (Å²) in [4.78, 5) is 16.8. The number of rotatable bonds is 13. The Morgan fingerprint density at radius 2 is 1.58 bits per heavy atom. The van der Waals surface area contributed by atoms with E-state index in [9.17, 15) is 26.7 Å². The lowest BCUT2D eigenvalue weighted by Crippen LogP contribution is -2.13. The van der Waals surface area contributed by atoms with Crippen LogP contribution in [0.5, 0.6) is 11.5 Å². The molecular weight excluding hydrogens is 655 g/mol. The number of phenols is 1. The van der Waals surface area contributed by atoms with Gasteiger partial charge in [-0.15, -0.1) is 14.6 Å². The Morgan fingerprint density at radius 3 is 2.22 bits per heavy atom. The minimum absolute atomic E-state index is 0.0118. The minimum atomic E-state index is -4.29. The highest BCUT2D eigenvalue weighted by atomic mass is 32.2. The topological polar surface area (TPSA) is 198 Å². The highest BCUT2D eigenvalue weighted by molar-refractivity contribution is 7.94. The quantitative estimate of drug-likeness (QED) is 0.0455. The van der Waals surface area contributed by atoms with E-state index >= 15 is 0 Å². The van der Waals surface area contributed by atoms with Crippen molar-refractivity contribution in [2.24, 2.45) is 10.2 Å². The molecule has 238 valence electrons. The number of nitrogens with one attached hydrogen (secondary N) is 1. The first-order chi connectivity index (χ1) is 21.4. The van der Waals surface area contributed by atoms with Crippen LogP contribution in [0, 0.1) is 0 Å². The summed E-state index contributed by atoms with van der Waals surface area (Å²) in [6.07, 6.45) is 0. The number of amides is 1. The molecule has 0 atom stereocenters. The highest BCUT2D eigenvalue weighted by Gasteiger charge is 2.24. The molecule has 4 aromatic rings. The molecule has 0 unspecified atom stereocenters. The van der Waals surface area contributed by atoms with Crippen LogP contribution in [0.2, 0.25) is 0 Å². The molecule has 1 amide bonds. The van der Waals surface area contributed by atoms with Crippen molar-refractivity contribution in [3.8, 4) is 11.5 Å². The van der Waals surface area contributed by atoms with Crippen LogP contribution >= 0.6 is 12.0 Å². The average molecular weight is 680 g/mol. The lowest BCUT2D eigenvalue weighted by molar-refractivity contribution is -0.447. The summed E-state index contributed by atoms with van der Waals surface area (Å²) in [5.74, 6) is -1.01. The predicted molar refractivity (Wildman–Crippen MR) is 161 cm³/mol. The third-order valence-electron chi connectivity index (χ3n) is 6.05. The molecule has 0 fully saturated rings. The minimum Gasteiger partial charge on any atom is -0.505 e. The van der Waals surface area contributed by atoms with Gasteiger partial charge in [-0.3, -0.25) is 13.2 Å². The number of phenolic OH excluding ortho intramolecular Hbond substituents is 1. The molecule has 0 saturated heterocycles. The molecule has 0 aliphatic rings. The summed E-state index contributed by atoms with van der Waals surface area (Å²) in [7, 11) is -4.11. The molecule has 45 heavy (non-hydrogen) atoms. The molecule has 15 nitrogen and oxygen atoms in total. The van der Waals surface area contributed by atoms with Crippen molar-refractivity contribution in [2.75, 3.05) is 33.8 Å². The highest BCUT2D eigenvalue weighted by Crippen LogP contribution is 2.47. The number of benzene rings is 4. The van der Waals surface area contributed by atoms with Crippen LogP contribution in [0.4, 0.5) is 17.1 Å². The van der Waals surface area contributed by atoms with Crippen molar-refractivity contribution in [3.05, 3.63) is 72.3 Å². The number of hydrogen-bond acceptors (Lipinski definition) is 15. The maximum absolute atomic E-state index is 13.1. The van der Waals surface area contributed by atoms with E-state index in [4.69, 9.17) is 9.07 Å². The number of hydrogen-bond donors (Lipinski definition) is 2. The number of nitrogens with zero attached hydrogens (tertiary/aromatic N) is 2. The van der Waals surface area contributed by atoms with Crippen LogP contribution in [0.15, 0.2) is 91.6 Å². The Balaban J connectivity index is 1.97. The van der Waals surface area contributed by atoms with Gasteiger partial charge in [-0.25, -0.2) is 4.89 Å². The molecular formula is C27H25N3O12S3. The monoisotopic (exact) mass is 679 g/mol. The van der Waals surface area contributed by atoms with E-state index < -0.39 is 31.9 Å². The first kappa shape index (κ1) is 33.7. The van der Waals surface area contributed by atoms with Crippen molar-refractivity contribution >= 4 is 66.0 Å². The van der Waals surface area contributed by atoms with E-state index in [2.05, 4.69) is 33.8 Å². The Morgan fingerprint density at radius 1 is 0.867 bits per heavy atom. The number of azo groups is 1. The summed E-state index contributed by atoms with van der Waals surface area (Å²) in [5, 5.41) is 26.8. The summed E-state index contributed by atoms with van der Waals surface area (Å²) >= 11 is 0.500. The van der Waals surface area contributed by atoms with Crippen molar-refractivity contribution in [1.82, 2.24) is 0 Å². The summed E-state index contributed by atoms with van der Waals surface area (Å²) in [6, 6.07) is 15.6. The van der Waals surface area contributed by atoms with E-state index in [1.807, 2.05) is 0 Å². The summed E-state index contributed by atoms with van der Waals surface area (Å²) in [5.41, 5.74) is -0.333. The lowest BCUT2D eigenvalue weighted by atomic mass is 10.1. The van der Waals surface area contributed by atoms with Gasteiger partial charge in [-0.2, -0.15) is 16.8 Å². The van der Waals surface area contributed by atoms with Crippen LogP contribution in [0.1, 0.15) is 10.4 Å². The molecule has 0 aliphatic carbocycles. The predicted octanol–water partition coefficient (Wildman–Crippen LogP) is 5.41. The molecule has 0 bridgehead atoms. The van der Waals surface area contributed by atoms with Gasteiger partial charge in [0.2, 0.25) is 0 Å². The molecule has 0 spiro atoms. The Labute approximate surface area is 262 Å². The number of fused-ring (bicyclic) bond motifs is 1. The van der Waals surface area contributed by atoms with Gasteiger partial charge in [0.25, 0.3) is 26.1 Å². The van der Waals surface area contributed by atoms with Crippen molar-refractivity contribution in [2.45, 2.75) is 14.7 Å². The third kappa shape index (κ3) is 7.57. The zero-order chi connectivity index (χ0) is 32.8. The molecule has 4 aromatic carbocycles. The fourth-order valence-electron chi connectivity index (χ4n) is 3.92. The second-order valence-electron chi connectivity index (χ2n) is 8.62. The first-order valence-corrected chi connectivity index (χ1v) is 16.0. The maximum atomic E-state index is 13.1. The molecule has 2 N–H and O–H groups in total. The number of aromatic hydroxyl groups is 1. The fraction of sp³-hybridized carbons (Fsp3) is 0.148. The SMILES string of the molecule is COOOSc1cc2cc(S(=O)(=O)OC)cc(NC(=O)c3ccccc3)c2c(O)c1N=Nc1ccc(OC)cc1S(=O)(=O)OC. The molecule has 0 aromatic heterocycles. The molecule has 0 heterocycles. The van der Waals surface area contributed by atoms with E-state index in [0.717, 1.165) is 20.3 Å². The van der Waals surface area contributed by atoms with Crippen LogP contribution in [0.3, 0.4) is 0 Å². The van der Waals surface area contributed by atoms with Gasteiger partial charge in [0, 0.05) is 17.0 Å². The zero-order valence-corrected chi connectivity index (χ0v) is 26.4. The van der Waals surface area contributed by atoms with Gasteiger partial charge < -0.3 is 15.2 Å². The fourth-order valence-corrected chi connectivity index (χ4v) is 6.00. The normalized spacial score (nSPS) is 12.1. The lowest BCUT2D eigenvalue weighted by Gasteiger charge is -2.15. The first-order valence-electron chi connectivity index (χ1n) is 12.4. The molecule has 0 saturated carbocycles. The van der Waals surface area contributed by atoms with E-state index in [1.54, 1.807) is 18.2 Å². The van der Waals surface area contributed by atoms with Crippen LogP contribution in [-0.2, 0) is 42.9 Å². The Kier molecular flexibility index (Phi) is 10.7. The van der Waals surface area contributed by atoms with Crippen LogP contribution in [-0.4, -0.2) is 56.3 Å². The van der Waals surface area contributed by atoms with Gasteiger partial charge in [0.05, 0.1) is 56.0 Å². The van der Waals surface area contributed by atoms with Crippen LogP contribution < -0.4 is 10.1 Å². The third-order valence-corrected chi connectivity index (χ3v) is 9.22. The van der Waals surface area contributed by atoms with Gasteiger partial charge in [-0.05, 0) is 47.9 Å². The smallest absolute Gasteiger partial charge is 0.299 e. The average Bonchev–Trinajstić information content (AvgIpc) is 3.04. The Bertz CT molecular complexity index is 1970. The number of methoxy groups -OCH3 is 1. The van der Waals surface area contributed by atoms with Crippen LogP contribution in [0.25, 0.3) is 10.8 Å². The Hall–Kier alpha value is -4.14. The van der Waals surface area contributed by atoms with Gasteiger partial charge in [-0.1, -0.05) is 23.2 Å². The van der Waals surface area contributed by atoms with E-state index in [0.29, 0.717) is 12.0 Å². The number of carbonyl (C=O) groups excluding carboxylic acids is 1.